The van der Waals surface area contributed by atoms with Gasteiger partial charge in [-0.15, -0.1) is 0 Å². The third-order valence-electron chi connectivity index (χ3n) is 4.40. The molecule has 1 aliphatic heterocycles. The van der Waals surface area contributed by atoms with Gasteiger partial charge in [-0.25, -0.2) is 4.98 Å². The maximum absolute atomic E-state index is 12.3. The highest BCUT2D eigenvalue weighted by Gasteiger charge is 2.21. The number of hydrogen-bond donors (Lipinski definition) is 0. The lowest BCUT2D eigenvalue weighted by molar-refractivity contribution is -0.135. The van der Waals surface area contributed by atoms with E-state index >= 15 is 0 Å². The van der Waals surface area contributed by atoms with Crippen LogP contribution in [0.2, 0.25) is 0 Å². The molecule has 24 heavy (non-hydrogen) atoms. The molecule has 1 aromatic heterocycles. The second-order valence-electron chi connectivity index (χ2n) is 6.08. The predicted molar refractivity (Wildman–Crippen MR) is 91.9 cm³/mol. The Kier molecular flexibility index (Phi) is 5.48. The molecule has 3 rings (SSSR count). The summed E-state index contributed by atoms with van der Waals surface area (Å²) in [6, 6.07) is 7.77. The minimum absolute atomic E-state index is 0.0625. The van der Waals surface area contributed by atoms with E-state index in [1.165, 1.54) is 0 Å². The molecule has 0 aliphatic carbocycles. The van der Waals surface area contributed by atoms with Crippen LogP contribution < -0.4 is 4.74 Å². The maximum atomic E-state index is 12.3. The summed E-state index contributed by atoms with van der Waals surface area (Å²) in [5.74, 6) is 0.845. The van der Waals surface area contributed by atoms with Crippen molar-refractivity contribution in [2.75, 3.05) is 39.3 Å². The van der Waals surface area contributed by atoms with Gasteiger partial charge in [-0.1, -0.05) is 18.2 Å². The number of aromatic nitrogens is 2. The number of piperazine rings is 1. The van der Waals surface area contributed by atoms with Crippen molar-refractivity contribution in [3.63, 3.8) is 0 Å². The Morgan fingerprint density at radius 2 is 1.96 bits per heavy atom. The monoisotopic (exact) mass is 328 g/mol. The van der Waals surface area contributed by atoms with Gasteiger partial charge in [0.2, 0.25) is 0 Å². The van der Waals surface area contributed by atoms with E-state index in [1.54, 1.807) is 6.20 Å². The zero-order valence-electron chi connectivity index (χ0n) is 14.1. The second kappa shape index (κ2) is 7.97. The molecule has 0 N–H and O–H groups in total. The van der Waals surface area contributed by atoms with Gasteiger partial charge in [0.05, 0.1) is 6.33 Å². The van der Waals surface area contributed by atoms with E-state index in [4.69, 9.17) is 4.74 Å². The molecule has 2 aromatic rings. The molecule has 0 bridgehead atoms. The first-order chi connectivity index (χ1) is 11.7. The van der Waals surface area contributed by atoms with Gasteiger partial charge in [0.1, 0.15) is 5.75 Å². The van der Waals surface area contributed by atoms with Crippen LogP contribution >= 0.6 is 0 Å². The zero-order chi connectivity index (χ0) is 16.8. The molecule has 0 saturated carbocycles. The summed E-state index contributed by atoms with van der Waals surface area (Å²) < 4.78 is 7.74. The fourth-order valence-corrected chi connectivity index (χ4v) is 2.85. The van der Waals surface area contributed by atoms with E-state index < -0.39 is 0 Å². The molecule has 6 heteroatoms. The van der Waals surface area contributed by atoms with Crippen molar-refractivity contribution in [3.8, 4) is 5.75 Å². The zero-order valence-corrected chi connectivity index (χ0v) is 14.1. The van der Waals surface area contributed by atoms with Crippen LogP contribution in [0.4, 0.5) is 0 Å². The molecule has 1 aromatic carbocycles. The number of aryl methyl sites for hydroxylation is 1. The third-order valence-corrected chi connectivity index (χ3v) is 4.40. The Hall–Kier alpha value is -2.34. The number of benzene rings is 1. The average molecular weight is 328 g/mol. The first-order valence-corrected chi connectivity index (χ1v) is 8.36. The Bertz CT molecular complexity index is 649. The van der Waals surface area contributed by atoms with Crippen LogP contribution in [0, 0.1) is 6.92 Å². The van der Waals surface area contributed by atoms with Crippen LogP contribution in [-0.2, 0) is 11.3 Å². The van der Waals surface area contributed by atoms with Crippen molar-refractivity contribution in [2.45, 2.75) is 13.5 Å². The highest BCUT2D eigenvalue weighted by Crippen LogP contribution is 2.16. The Morgan fingerprint density at radius 3 is 2.67 bits per heavy atom. The van der Waals surface area contributed by atoms with E-state index in [2.05, 4.69) is 14.5 Å². The molecular formula is C18H24N4O2. The van der Waals surface area contributed by atoms with Gasteiger partial charge in [0, 0.05) is 51.7 Å². The Balaban J connectivity index is 1.39. The molecule has 1 aliphatic rings. The van der Waals surface area contributed by atoms with Crippen LogP contribution in [0.1, 0.15) is 5.56 Å². The fourth-order valence-electron chi connectivity index (χ4n) is 2.85. The number of rotatable bonds is 6. The number of ether oxygens (including phenoxy) is 1. The fraction of sp³-hybridized carbons (Fsp3) is 0.444. The molecule has 2 heterocycles. The van der Waals surface area contributed by atoms with E-state index in [0.29, 0.717) is 0 Å². The quantitative estimate of drug-likeness (QED) is 0.805. The summed E-state index contributed by atoms with van der Waals surface area (Å²) in [6.07, 6.45) is 5.61. The standard InChI is InChI=1S/C18H24N4O2/c1-16-4-2-3-5-17(16)24-14-18(23)22-12-10-20(11-13-22)8-9-21-7-6-19-15-21/h2-7,15H,8-14H2,1H3. The molecule has 0 unspecified atom stereocenters. The van der Waals surface area contributed by atoms with Gasteiger partial charge in [-0.2, -0.15) is 0 Å². The van der Waals surface area contributed by atoms with Gasteiger partial charge in [-0.3, -0.25) is 9.69 Å². The minimum Gasteiger partial charge on any atom is -0.484 e. The number of nitrogens with zero attached hydrogens (tertiary/aromatic N) is 4. The van der Waals surface area contributed by atoms with Gasteiger partial charge in [-0.05, 0) is 18.6 Å². The first-order valence-electron chi connectivity index (χ1n) is 8.36. The highest BCUT2D eigenvalue weighted by atomic mass is 16.5. The molecule has 1 amide bonds. The molecule has 1 saturated heterocycles. The van der Waals surface area contributed by atoms with Gasteiger partial charge < -0.3 is 14.2 Å². The van der Waals surface area contributed by atoms with E-state index in [9.17, 15) is 4.79 Å². The Morgan fingerprint density at radius 1 is 1.17 bits per heavy atom. The van der Waals surface area contributed by atoms with Crippen molar-refractivity contribution in [1.82, 2.24) is 19.4 Å². The molecule has 0 atom stereocenters. The summed E-state index contributed by atoms with van der Waals surface area (Å²) in [6.45, 7) is 7.36. The van der Waals surface area contributed by atoms with Gasteiger partial charge >= 0.3 is 0 Å². The summed E-state index contributed by atoms with van der Waals surface area (Å²) >= 11 is 0. The number of hydrogen-bond acceptors (Lipinski definition) is 4. The second-order valence-corrected chi connectivity index (χ2v) is 6.08. The molecule has 1 fully saturated rings. The van der Waals surface area contributed by atoms with Gasteiger partial charge in [0.15, 0.2) is 6.61 Å². The van der Waals surface area contributed by atoms with E-state index in [0.717, 1.165) is 50.6 Å². The number of para-hydroxylation sites is 1. The summed E-state index contributed by atoms with van der Waals surface area (Å²) in [5, 5.41) is 0. The van der Waals surface area contributed by atoms with Crippen molar-refractivity contribution in [3.05, 3.63) is 48.5 Å². The smallest absolute Gasteiger partial charge is 0.260 e. The SMILES string of the molecule is Cc1ccccc1OCC(=O)N1CCN(CCn2ccnc2)CC1. The van der Waals surface area contributed by atoms with Crippen molar-refractivity contribution >= 4 is 5.91 Å². The Labute approximate surface area is 142 Å². The van der Waals surface area contributed by atoms with Gasteiger partial charge in [0.25, 0.3) is 5.91 Å². The molecule has 128 valence electrons. The minimum atomic E-state index is 0.0625. The number of carbonyl (C=O) groups excluding carboxylic acids is 1. The summed E-state index contributed by atoms with van der Waals surface area (Å²) in [4.78, 5) is 20.6. The average Bonchev–Trinajstić information content (AvgIpc) is 3.13. The summed E-state index contributed by atoms with van der Waals surface area (Å²) in [5.41, 5.74) is 1.05. The molecular weight excluding hydrogens is 304 g/mol. The van der Waals surface area contributed by atoms with Crippen LogP contribution in [0.5, 0.6) is 5.75 Å². The lowest BCUT2D eigenvalue weighted by Gasteiger charge is -2.34. The number of amides is 1. The number of carbonyl (C=O) groups is 1. The maximum Gasteiger partial charge on any atom is 0.260 e. The van der Waals surface area contributed by atoms with Crippen molar-refractivity contribution in [1.29, 1.82) is 0 Å². The van der Waals surface area contributed by atoms with Crippen molar-refractivity contribution < 1.29 is 9.53 Å². The predicted octanol–water partition coefficient (Wildman–Crippen LogP) is 1.41. The van der Waals surface area contributed by atoms with E-state index in [1.807, 2.05) is 48.6 Å². The molecule has 0 spiro atoms. The highest BCUT2D eigenvalue weighted by molar-refractivity contribution is 5.78. The van der Waals surface area contributed by atoms with Crippen LogP contribution in [0.3, 0.4) is 0 Å². The first kappa shape index (κ1) is 16.5. The van der Waals surface area contributed by atoms with Crippen LogP contribution in [0.25, 0.3) is 0 Å². The normalized spacial score (nSPS) is 15.5. The van der Waals surface area contributed by atoms with E-state index in [-0.39, 0.29) is 12.5 Å². The third kappa shape index (κ3) is 4.35. The topological polar surface area (TPSA) is 50.6 Å². The lowest BCUT2D eigenvalue weighted by atomic mass is 10.2. The largest absolute Gasteiger partial charge is 0.484 e. The van der Waals surface area contributed by atoms with Crippen LogP contribution in [0.15, 0.2) is 43.0 Å². The number of imidazole rings is 1. The molecule has 6 nitrogen and oxygen atoms in total. The van der Waals surface area contributed by atoms with Crippen LogP contribution in [-0.4, -0.2) is 64.6 Å². The molecule has 0 radical (unpaired) electrons. The van der Waals surface area contributed by atoms with Crippen molar-refractivity contribution in [2.24, 2.45) is 0 Å². The summed E-state index contributed by atoms with van der Waals surface area (Å²) in [7, 11) is 0. The lowest BCUT2D eigenvalue weighted by Crippen LogP contribution is -2.50.